The molecule has 1 aromatic carbocycles. The van der Waals surface area contributed by atoms with Crippen molar-refractivity contribution in [2.45, 2.75) is 45.6 Å². The number of likely N-dealkylation sites (tertiary alicyclic amines) is 1. The van der Waals surface area contributed by atoms with E-state index < -0.39 is 0 Å². The lowest BCUT2D eigenvalue weighted by Gasteiger charge is -2.28. The fourth-order valence-corrected chi connectivity index (χ4v) is 2.95. The first-order chi connectivity index (χ1) is 8.91. The van der Waals surface area contributed by atoms with E-state index in [1.54, 1.807) is 0 Å². The second-order valence-corrected chi connectivity index (χ2v) is 7.01. The molecule has 1 aromatic rings. The summed E-state index contributed by atoms with van der Waals surface area (Å²) in [5.41, 5.74) is 8.99. The van der Waals surface area contributed by atoms with Crippen LogP contribution in [0.2, 0.25) is 0 Å². The van der Waals surface area contributed by atoms with Crippen LogP contribution >= 0.6 is 0 Å². The first kappa shape index (κ1) is 14.5. The monoisotopic (exact) mass is 260 g/mol. The summed E-state index contributed by atoms with van der Waals surface area (Å²) in [7, 11) is 0. The Morgan fingerprint density at radius 2 is 1.89 bits per heavy atom. The molecule has 0 bridgehead atoms. The van der Waals surface area contributed by atoms with Crippen LogP contribution in [0.15, 0.2) is 24.3 Å². The molecule has 1 saturated heterocycles. The highest BCUT2D eigenvalue weighted by atomic mass is 15.2. The molecule has 19 heavy (non-hydrogen) atoms. The van der Waals surface area contributed by atoms with Crippen LogP contribution in [0.25, 0.3) is 0 Å². The first-order valence-electron chi connectivity index (χ1n) is 7.46. The van der Waals surface area contributed by atoms with Gasteiger partial charge in [-0.3, -0.25) is 4.90 Å². The fourth-order valence-electron chi connectivity index (χ4n) is 2.95. The molecule has 1 fully saturated rings. The van der Waals surface area contributed by atoms with Crippen molar-refractivity contribution in [2.75, 3.05) is 19.6 Å². The highest BCUT2D eigenvalue weighted by Crippen LogP contribution is 2.29. The Morgan fingerprint density at radius 1 is 1.26 bits per heavy atom. The summed E-state index contributed by atoms with van der Waals surface area (Å²) >= 11 is 0. The van der Waals surface area contributed by atoms with Gasteiger partial charge in [0.05, 0.1) is 0 Å². The zero-order valence-electron chi connectivity index (χ0n) is 12.8. The number of nitrogens with two attached hydrogens (primary N) is 1. The molecular weight excluding hydrogens is 232 g/mol. The molecule has 2 atom stereocenters. The Hall–Kier alpha value is -0.860. The lowest BCUT2D eigenvalue weighted by molar-refractivity contribution is 0.243. The van der Waals surface area contributed by atoms with Crippen LogP contribution < -0.4 is 5.73 Å². The molecule has 2 heteroatoms. The van der Waals surface area contributed by atoms with Crippen LogP contribution in [-0.4, -0.2) is 24.5 Å². The van der Waals surface area contributed by atoms with Gasteiger partial charge in [-0.05, 0) is 35.4 Å². The molecule has 0 aliphatic carbocycles. The quantitative estimate of drug-likeness (QED) is 0.903. The summed E-state index contributed by atoms with van der Waals surface area (Å²) in [6.45, 7) is 12.2. The van der Waals surface area contributed by atoms with Crippen molar-refractivity contribution in [1.82, 2.24) is 4.90 Å². The number of nitrogens with zero attached hydrogens (tertiary/aromatic N) is 1. The van der Waals surface area contributed by atoms with Crippen LogP contribution in [0.3, 0.4) is 0 Å². The standard InChI is InChI=1S/C17H28N2/c1-13-9-10-19(12-13)16(11-18)14-5-7-15(8-6-14)17(2,3)4/h5-8,13,16H,9-12,18H2,1-4H3. The van der Waals surface area contributed by atoms with Crippen molar-refractivity contribution in [3.8, 4) is 0 Å². The van der Waals surface area contributed by atoms with E-state index in [-0.39, 0.29) is 5.41 Å². The van der Waals surface area contributed by atoms with Crippen LogP contribution in [0, 0.1) is 5.92 Å². The van der Waals surface area contributed by atoms with E-state index in [4.69, 9.17) is 5.73 Å². The summed E-state index contributed by atoms with van der Waals surface area (Å²) in [5, 5.41) is 0. The summed E-state index contributed by atoms with van der Waals surface area (Å²) < 4.78 is 0. The summed E-state index contributed by atoms with van der Waals surface area (Å²) in [5.74, 6) is 0.808. The minimum Gasteiger partial charge on any atom is -0.329 e. The third-order valence-corrected chi connectivity index (χ3v) is 4.28. The lowest BCUT2D eigenvalue weighted by Crippen LogP contribution is -2.32. The molecule has 2 nitrogen and oxygen atoms in total. The molecule has 2 N–H and O–H groups in total. The van der Waals surface area contributed by atoms with Gasteiger partial charge < -0.3 is 5.73 Å². The molecule has 0 radical (unpaired) electrons. The summed E-state index contributed by atoms with van der Waals surface area (Å²) in [6, 6.07) is 9.44. The van der Waals surface area contributed by atoms with Gasteiger partial charge in [0, 0.05) is 19.1 Å². The third kappa shape index (κ3) is 3.37. The number of benzene rings is 1. The van der Waals surface area contributed by atoms with Crippen LogP contribution in [0.5, 0.6) is 0 Å². The molecule has 0 saturated carbocycles. The van der Waals surface area contributed by atoms with Crippen LogP contribution in [0.4, 0.5) is 0 Å². The Bertz CT molecular complexity index is 402. The van der Waals surface area contributed by atoms with Gasteiger partial charge in [0.25, 0.3) is 0 Å². The lowest BCUT2D eigenvalue weighted by atomic mass is 9.86. The Labute approximate surface area is 118 Å². The SMILES string of the molecule is CC1CCN(C(CN)c2ccc(C(C)(C)C)cc2)C1. The van der Waals surface area contributed by atoms with Crippen LogP contribution in [0.1, 0.15) is 51.3 Å². The summed E-state index contributed by atoms with van der Waals surface area (Å²) in [4.78, 5) is 2.54. The van der Waals surface area contributed by atoms with E-state index in [1.165, 1.54) is 30.6 Å². The topological polar surface area (TPSA) is 29.3 Å². The minimum atomic E-state index is 0.221. The molecule has 106 valence electrons. The molecule has 2 rings (SSSR count). The zero-order valence-corrected chi connectivity index (χ0v) is 12.8. The second-order valence-electron chi connectivity index (χ2n) is 7.01. The van der Waals surface area contributed by atoms with E-state index >= 15 is 0 Å². The maximum Gasteiger partial charge on any atom is 0.0470 e. The van der Waals surface area contributed by atoms with E-state index in [9.17, 15) is 0 Å². The van der Waals surface area contributed by atoms with Crippen molar-refractivity contribution >= 4 is 0 Å². The average molecular weight is 260 g/mol. The van der Waals surface area contributed by atoms with Gasteiger partial charge in [0.1, 0.15) is 0 Å². The van der Waals surface area contributed by atoms with Crippen molar-refractivity contribution < 1.29 is 0 Å². The second kappa shape index (κ2) is 5.64. The van der Waals surface area contributed by atoms with E-state index in [0.717, 1.165) is 5.92 Å². The largest absolute Gasteiger partial charge is 0.329 e. The Kier molecular flexibility index (Phi) is 4.32. The predicted octanol–water partition coefficient (Wildman–Crippen LogP) is 3.33. The number of hydrogen-bond donors (Lipinski definition) is 1. The normalized spacial score (nSPS) is 22.7. The maximum atomic E-state index is 6.01. The molecule has 1 heterocycles. The molecule has 0 aromatic heterocycles. The van der Waals surface area contributed by atoms with Crippen molar-refractivity contribution in [3.05, 3.63) is 35.4 Å². The van der Waals surface area contributed by atoms with Gasteiger partial charge in [-0.1, -0.05) is 52.0 Å². The fraction of sp³-hybridized carbons (Fsp3) is 0.647. The first-order valence-corrected chi connectivity index (χ1v) is 7.46. The van der Waals surface area contributed by atoms with Gasteiger partial charge >= 0.3 is 0 Å². The number of rotatable bonds is 3. The van der Waals surface area contributed by atoms with Gasteiger partial charge in [0.15, 0.2) is 0 Å². The summed E-state index contributed by atoms with van der Waals surface area (Å²) in [6.07, 6.45) is 1.30. The molecule has 0 spiro atoms. The maximum absolute atomic E-state index is 6.01. The molecule has 1 aliphatic heterocycles. The van der Waals surface area contributed by atoms with Crippen LogP contribution in [-0.2, 0) is 5.41 Å². The number of hydrogen-bond acceptors (Lipinski definition) is 2. The van der Waals surface area contributed by atoms with Gasteiger partial charge in [-0.25, -0.2) is 0 Å². The van der Waals surface area contributed by atoms with Gasteiger partial charge in [0.2, 0.25) is 0 Å². The van der Waals surface area contributed by atoms with Crippen molar-refractivity contribution in [1.29, 1.82) is 0 Å². The smallest absolute Gasteiger partial charge is 0.0470 e. The molecular formula is C17H28N2. The van der Waals surface area contributed by atoms with Crippen molar-refractivity contribution in [3.63, 3.8) is 0 Å². The third-order valence-electron chi connectivity index (χ3n) is 4.28. The highest BCUT2D eigenvalue weighted by Gasteiger charge is 2.26. The van der Waals surface area contributed by atoms with Gasteiger partial charge in [-0.15, -0.1) is 0 Å². The van der Waals surface area contributed by atoms with E-state index in [0.29, 0.717) is 12.6 Å². The Morgan fingerprint density at radius 3 is 2.32 bits per heavy atom. The molecule has 0 amide bonds. The zero-order chi connectivity index (χ0) is 14.0. The Balaban J connectivity index is 2.15. The highest BCUT2D eigenvalue weighted by molar-refractivity contribution is 5.29. The average Bonchev–Trinajstić information content (AvgIpc) is 2.76. The van der Waals surface area contributed by atoms with Crippen molar-refractivity contribution in [2.24, 2.45) is 11.7 Å². The molecule has 2 unspecified atom stereocenters. The molecule has 1 aliphatic rings. The minimum absolute atomic E-state index is 0.221. The van der Waals surface area contributed by atoms with E-state index in [1.807, 2.05) is 0 Å². The van der Waals surface area contributed by atoms with E-state index in [2.05, 4.69) is 56.9 Å². The predicted molar refractivity (Wildman–Crippen MR) is 82.3 cm³/mol. The van der Waals surface area contributed by atoms with Gasteiger partial charge in [-0.2, -0.15) is 0 Å².